The summed E-state index contributed by atoms with van der Waals surface area (Å²) >= 11 is 0. The minimum absolute atomic E-state index is 0.105. The summed E-state index contributed by atoms with van der Waals surface area (Å²) in [6.45, 7) is 5.79. The number of ether oxygens (including phenoxy) is 2. The molecule has 1 aromatic rings. The number of hydrogen-bond acceptors (Lipinski definition) is 4. The molecule has 1 saturated carbocycles. The number of amides is 1. The van der Waals surface area contributed by atoms with Gasteiger partial charge in [0.2, 0.25) is 5.91 Å². The second-order valence-electron chi connectivity index (χ2n) is 8.14. The summed E-state index contributed by atoms with van der Waals surface area (Å²) in [4.78, 5) is 16.4. The van der Waals surface area contributed by atoms with Crippen LogP contribution in [0.4, 0.5) is 0 Å². The van der Waals surface area contributed by atoms with Crippen LogP contribution in [-0.4, -0.2) is 44.2 Å². The predicted molar refractivity (Wildman–Crippen MR) is 119 cm³/mol. The van der Waals surface area contributed by atoms with E-state index in [1.165, 1.54) is 24.8 Å². The van der Waals surface area contributed by atoms with Crippen LogP contribution in [0.15, 0.2) is 17.1 Å². The minimum atomic E-state index is 0.105. The molecule has 3 N–H and O–H groups in total. The Morgan fingerprint density at radius 2 is 2.03 bits per heavy atom. The van der Waals surface area contributed by atoms with Crippen LogP contribution in [0.1, 0.15) is 63.5 Å². The number of guanidine groups is 1. The quantitative estimate of drug-likeness (QED) is 0.448. The maximum absolute atomic E-state index is 12.2. The third-order valence-electron chi connectivity index (χ3n) is 5.66. The molecule has 7 heteroatoms. The van der Waals surface area contributed by atoms with Crippen molar-refractivity contribution in [3.63, 3.8) is 0 Å². The van der Waals surface area contributed by atoms with Crippen LogP contribution in [-0.2, 0) is 17.8 Å². The van der Waals surface area contributed by atoms with Crippen LogP contribution < -0.4 is 25.4 Å². The molecule has 1 aromatic carbocycles. The molecule has 0 radical (unpaired) electrons. The van der Waals surface area contributed by atoms with Gasteiger partial charge in [0.25, 0.3) is 0 Å². The number of carbonyl (C=O) groups excluding carboxylic acids is 1. The van der Waals surface area contributed by atoms with Crippen molar-refractivity contribution >= 4 is 11.9 Å². The van der Waals surface area contributed by atoms with Crippen molar-refractivity contribution in [2.45, 2.75) is 77.5 Å². The summed E-state index contributed by atoms with van der Waals surface area (Å²) in [7, 11) is 1.73. The molecule has 7 nitrogen and oxygen atoms in total. The number of fused-ring (bicyclic) bond motifs is 1. The molecule has 1 atom stereocenters. The van der Waals surface area contributed by atoms with Gasteiger partial charge in [0, 0.05) is 50.1 Å². The van der Waals surface area contributed by atoms with E-state index in [1.54, 1.807) is 7.05 Å². The van der Waals surface area contributed by atoms with E-state index in [0.29, 0.717) is 38.1 Å². The number of hydrogen-bond donors (Lipinski definition) is 3. The number of aliphatic imine (C=N–C) groups is 1. The van der Waals surface area contributed by atoms with Crippen molar-refractivity contribution in [3.05, 3.63) is 23.3 Å². The van der Waals surface area contributed by atoms with E-state index in [0.717, 1.165) is 36.3 Å². The Kier molecular flexibility index (Phi) is 8.22. The minimum Gasteiger partial charge on any atom is -0.494 e. The molecule has 0 saturated heterocycles. The van der Waals surface area contributed by atoms with Gasteiger partial charge in [0.05, 0.1) is 6.61 Å². The number of rotatable bonds is 8. The number of carbonyl (C=O) groups is 1. The summed E-state index contributed by atoms with van der Waals surface area (Å²) < 4.78 is 11.7. The van der Waals surface area contributed by atoms with E-state index in [1.807, 2.05) is 6.92 Å². The van der Waals surface area contributed by atoms with Crippen molar-refractivity contribution in [2.75, 3.05) is 20.2 Å². The Hall–Kier alpha value is -2.44. The monoisotopic (exact) mass is 416 g/mol. The van der Waals surface area contributed by atoms with Gasteiger partial charge >= 0.3 is 0 Å². The van der Waals surface area contributed by atoms with Crippen molar-refractivity contribution in [1.29, 1.82) is 0 Å². The highest BCUT2D eigenvalue weighted by atomic mass is 16.5. The Bertz CT molecular complexity index is 744. The van der Waals surface area contributed by atoms with Crippen molar-refractivity contribution < 1.29 is 14.3 Å². The predicted octanol–water partition coefficient (Wildman–Crippen LogP) is 2.91. The fourth-order valence-corrected chi connectivity index (χ4v) is 4.15. The molecule has 1 amide bonds. The number of nitrogens with zero attached hydrogens (tertiary/aromatic N) is 1. The molecule has 1 unspecified atom stereocenters. The van der Waals surface area contributed by atoms with E-state index >= 15 is 0 Å². The van der Waals surface area contributed by atoms with Gasteiger partial charge in [-0.1, -0.05) is 19.3 Å². The van der Waals surface area contributed by atoms with Crippen LogP contribution in [0.5, 0.6) is 11.5 Å². The zero-order valence-corrected chi connectivity index (χ0v) is 18.6. The van der Waals surface area contributed by atoms with Gasteiger partial charge in [-0.05, 0) is 38.8 Å². The molecule has 30 heavy (non-hydrogen) atoms. The average molecular weight is 417 g/mol. The molecule has 3 rings (SSSR count). The van der Waals surface area contributed by atoms with Crippen LogP contribution in [0, 0.1) is 0 Å². The molecule has 2 aliphatic rings. The first kappa shape index (κ1) is 22.2. The summed E-state index contributed by atoms with van der Waals surface area (Å²) in [6, 6.07) is 4.50. The highest BCUT2D eigenvalue weighted by Crippen LogP contribution is 2.35. The average Bonchev–Trinajstić information content (AvgIpc) is 3.10. The van der Waals surface area contributed by atoms with Gasteiger partial charge < -0.3 is 25.4 Å². The summed E-state index contributed by atoms with van der Waals surface area (Å²) in [5.41, 5.74) is 2.23. The fraction of sp³-hybridized carbons (Fsp3) is 0.652. The van der Waals surface area contributed by atoms with Crippen molar-refractivity contribution in [3.8, 4) is 11.5 Å². The molecule has 1 heterocycles. The molecular formula is C23H36N4O3. The zero-order valence-electron chi connectivity index (χ0n) is 18.6. The van der Waals surface area contributed by atoms with Crippen LogP contribution in [0.3, 0.4) is 0 Å². The smallest absolute Gasteiger partial charge is 0.221 e. The second-order valence-corrected chi connectivity index (χ2v) is 8.14. The van der Waals surface area contributed by atoms with Gasteiger partial charge in [-0.2, -0.15) is 0 Å². The summed E-state index contributed by atoms with van der Waals surface area (Å²) in [6.07, 6.45) is 7.48. The third-order valence-corrected chi connectivity index (χ3v) is 5.66. The first-order chi connectivity index (χ1) is 14.6. The molecule has 1 fully saturated rings. The number of nitrogens with one attached hydrogen (secondary N) is 3. The van der Waals surface area contributed by atoms with E-state index < -0.39 is 0 Å². The largest absolute Gasteiger partial charge is 0.494 e. The number of benzene rings is 1. The zero-order chi connectivity index (χ0) is 21.3. The van der Waals surface area contributed by atoms with E-state index in [2.05, 4.69) is 40.0 Å². The van der Waals surface area contributed by atoms with Gasteiger partial charge in [0.15, 0.2) is 5.96 Å². The molecule has 166 valence electrons. The maximum atomic E-state index is 12.2. The lowest BCUT2D eigenvalue weighted by Gasteiger charge is -2.22. The first-order valence-electron chi connectivity index (χ1n) is 11.3. The lowest BCUT2D eigenvalue weighted by Crippen LogP contribution is -2.41. The van der Waals surface area contributed by atoms with Gasteiger partial charge in [-0.3, -0.25) is 9.79 Å². The third kappa shape index (κ3) is 6.28. The maximum Gasteiger partial charge on any atom is 0.221 e. The lowest BCUT2D eigenvalue weighted by atomic mass is 9.95. The molecule has 0 spiro atoms. The Morgan fingerprint density at radius 3 is 2.77 bits per heavy atom. The molecular weight excluding hydrogens is 380 g/mol. The van der Waals surface area contributed by atoms with Crippen LogP contribution >= 0.6 is 0 Å². The summed E-state index contributed by atoms with van der Waals surface area (Å²) in [5, 5.41) is 9.69. The van der Waals surface area contributed by atoms with E-state index in [-0.39, 0.29) is 12.0 Å². The molecule has 0 aromatic heterocycles. The Morgan fingerprint density at radius 1 is 1.23 bits per heavy atom. The van der Waals surface area contributed by atoms with Crippen molar-refractivity contribution in [2.24, 2.45) is 4.99 Å². The molecule has 1 aliphatic heterocycles. The van der Waals surface area contributed by atoms with Gasteiger partial charge in [-0.25, -0.2) is 0 Å². The second kappa shape index (κ2) is 11.1. The fourth-order valence-electron chi connectivity index (χ4n) is 4.15. The first-order valence-corrected chi connectivity index (χ1v) is 11.3. The highest BCUT2D eigenvalue weighted by Gasteiger charge is 2.22. The lowest BCUT2D eigenvalue weighted by molar-refractivity contribution is -0.121. The highest BCUT2D eigenvalue weighted by molar-refractivity contribution is 5.81. The summed E-state index contributed by atoms with van der Waals surface area (Å²) in [5.74, 6) is 2.58. The SMILES string of the molecule is CCOc1cc2c(cc1CNC(=NC)NCCC(=O)NC1CCCCC1)OC(C)C2. The molecule has 1 aliphatic carbocycles. The van der Waals surface area contributed by atoms with Crippen LogP contribution in [0.2, 0.25) is 0 Å². The molecule has 0 bridgehead atoms. The van der Waals surface area contributed by atoms with Gasteiger partial charge in [-0.15, -0.1) is 0 Å². The van der Waals surface area contributed by atoms with E-state index in [9.17, 15) is 4.79 Å². The Labute approximate surface area is 180 Å². The Balaban J connectivity index is 1.47. The van der Waals surface area contributed by atoms with Gasteiger partial charge in [0.1, 0.15) is 17.6 Å². The topological polar surface area (TPSA) is 84.0 Å². The van der Waals surface area contributed by atoms with Crippen molar-refractivity contribution in [1.82, 2.24) is 16.0 Å². The van der Waals surface area contributed by atoms with E-state index in [4.69, 9.17) is 9.47 Å². The standard InChI is InChI=1S/C23H36N4O3/c1-4-29-20-13-17-12-16(2)30-21(17)14-18(20)15-26-23(24-3)25-11-10-22(28)27-19-8-6-5-7-9-19/h13-14,16,19H,4-12,15H2,1-3H3,(H,27,28)(H2,24,25,26). The normalized spacial score (nSPS) is 19.0. The van der Waals surface area contributed by atoms with Crippen LogP contribution in [0.25, 0.3) is 0 Å².